The topological polar surface area (TPSA) is 103 Å². The summed E-state index contributed by atoms with van der Waals surface area (Å²) >= 11 is 0. The van der Waals surface area contributed by atoms with Gasteiger partial charge in [-0.3, -0.25) is 0 Å². The maximum Gasteiger partial charge on any atom is 0.149 e. The molecule has 38 heavy (non-hydrogen) atoms. The van der Waals surface area contributed by atoms with E-state index in [1.807, 2.05) is 35.9 Å². The first-order valence-electron chi connectivity index (χ1n) is 13.6. The summed E-state index contributed by atoms with van der Waals surface area (Å²) in [5.41, 5.74) is 7.39. The molecule has 3 aromatic rings. The van der Waals surface area contributed by atoms with Crippen LogP contribution in [0.25, 0.3) is 16.9 Å². The van der Waals surface area contributed by atoms with E-state index in [2.05, 4.69) is 28.1 Å². The first-order valence-corrected chi connectivity index (χ1v) is 13.6. The molecule has 2 aliphatic rings. The minimum Gasteiger partial charge on any atom is -0.390 e. The summed E-state index contributed by atoms with van der Waals surface area (Å²) < 4.78 is 16.3. The van der Waals surface area contributed by atoms with Crippen molar-refractivity contribution in [1.29, 1.82) is 5.26 Å². The SMILES string of the molecule is CC1(O)CCN(c2ccc(-n3nc(NCC4CCCCC4)cc3-c3ccc(C#N)c(F)c3)cc2)CC1.CN. The third kappa shape index (κ3) is 6.53. The first-order chi connectivity index (χ1) is 18.4. The van der Waals surface area contributed by atoms with Gasteiger partial charge in [0.1, 0.15) is 17.7 Å². The molecule has 0 unspecified atom stereocenters. The van der Waals surface area contributed by atoms with E-state index in [-0.39, 0.29) is 5.56 Å². The first kappa shape index (κ1) is 27.6. The number of aliphatic hydroxyl groups is 1. The summed E-state index contributed by atoms with van der Waals surface area (Å²) in [4.78, 5) is 2.29. The Morgan fingerprint density at radius 2 is 1.71 bits per heavy atom. The molecule has 0 bridgehead atoms. The fourth-order valence-electron chi connectivity index (χ4n) is 5.33. The Labute approximate surface area is 225 Å². The average Bonchev–Trinajstić information content (AvgIpc) is 3.38. The van der Waals surface area contributed by atoms with Gasteiger partial charge in [0.15, 0.2) is 0 Å². The van der Waals surface area contributed by atoms with Crippen molar-refractivity contribution in [3.63, 3.8) is 0 Å². The van der Waals surface area contributed by atoms with Crippen molar-refractivity contribution >= 4 is 11.5 Å². The number of nitrogens with one attached hydrogen (secondary N) is 1. The molecule has 1 aliphatic heterocycles. The highest BCUT2D eigenvalue weighted by atomic mass is 19.1. The number of benzene rings is 2. The summed E-state index contributed by atoms with van der Waals surface area (Å²) in [5.74, 6) is 0.891. The Hall–Kier alpha value is -3.41. The van der Waals surface area contributed by atoms with Crippen molar-refractivity contribution in [3.8, 4) is 23.0 Å². The highest BCUT2D eigenvalue weighted by Gasteiger charge is 2.27. The van der Waals surface area contributed by atoms with Gasteiger partial charge in [0.25, 0.3) is 0 Å². The number of nitriles is 1. The summed E-state index contributed by atoms with van der Waals surface area (Å²) in [6.45, 7) is 4.42. The van der Waals surface area contributed by atoms with Gasteiger partial charge < -0.3 is 21.1 Å². The van der Waals surface area contributed by atoms with Crippen molar-refractivity contribution in [2.45, 2.75) is 57.5 Å². The van der Waals surface area contributed by atoms with Gasteiger partial charge in [-0.25, -0.2) is 9.07 Å². The molecule has 1 aliphatic carbocycles. The standard InChI is InChI=1S/C29H34FN5O.CH5N/c1-29(36)13-15-34(16-14-29)24-9-11-25(12-10-24)35-27(22-7-8-23(19-31)26(30)17-22)18-28(33-35)32-20-21-5-3-2-4-6-21;1-2/h7-12,17-18,21,36H,2-6,13-16,20H2,1H3,(H,32,33);2H2,1H3. The molecule has 0 amide bonds. The zero-order valence-corrected chi connectivity index (χ0v) is 22.5. The minimum absolute atomic E-state index is 0.0327. The largest absolute Gasteiger partial charge is 0.390 e. The van der Waals surface area contributed by atoms with Crippen LogP contribution in [0.5, 0.6) is 0 Å². The lowest BCUT2D eigenvalue weighted by Gasteiger charge is -2.37. The van der Waals surface area contributed by atoms with Crippen molar-refractivity contribution in [2.24, 2.45) is 11.7 Å². The molecular formula is C30H39FN6O. The Bertz CT molecular complexity index is 1230. The van der Waals surface area contributed by atoms with E-state index in [0.717, 1.165) is 55.4 Å². The molecule has 1 aromatic heterocycles. The van der Waals surface area contributed by atoms with Crippen molar-refractivity contribution in [2.75, 3.05) is 36.9 Å². The molecule has 0 radical (unpaired) electrons. The molecule has 2 aromatic carbocycles. The predicted octanol–water partition coefficient (Wildman–Crippen LogP) is 5.47. The maximum absolute atomic E-state index is 14.5. The number of halogens is 1. The number of nitrogens with two attached hydrogens (primary N) is 1. The normalized spacial score (nSPS) is 17.3. The Morgan fingerprint density at radius 3 is 2.34 bits per heavy atom. The fraction of sp³-hybridized carbons (Fsp3) is 0.467. The smallest absolute Gasteiger partial charge is 0.149 e. The Kier molecular flexibility index (Phi) is 9.03. The number of aromatic nitrogens is 2. The summed E-state index contributed by atoms with van der Waals surface area (Å²) in [5, 5.41) is 27.8. The predicted molar refractivity (Wildman–Crippen MR) is 151 cm³/mol. The van der Waals surface area contributed by atoms with Gasteiger partial charge in [-0.05, 0) is 82.0 Å². The van der Waals surface area contributed by atoms with Gasteiger partial charge in [0.2, 0.25) is 0 Å². The quantitative estimate of drug-likeness (QED) is 0.400. The Balaban J connectivity index is 0.00000164. The fourth-order valence-corrected chi connectivity index (χ4v) is 5.33. The number of hydrogen-bond acceptors (Lipinski definition) is 6. The average molecular weight is 519 g/mol. The number of nitrogens with zero attached hydrogens (tertiary/aromatic N) is 4. The molecule has 5 rings (SSSR count). The van der Waals surface area contributed by atoms with Gasteiger partial charge in [-0.15, -0.1) is 5.10 Å². The zero-order valence-electron chi connectivity index (χ0n) is 22.5. The van der Waals surface area contributed by atoms with Gasteiger partial charge in [0.05, 0.1) is 22.5 Å². The van der Waals surface area contributed by atoms with Crippen LogP contribution < -0.4 is 16.0 Å². The molecular weight excluding hydrogens is 479 g/mol. The lowest BCUT2D eigenvalue weighted by molar-refractivity contribution is 0.0351. The van der Waals surface area contributed by atoms with Crippen LogP contribution in [-0.4, -0.2) is 47.2 Å². The van der Waals surface area contributed by atoms with E-state index < -0.39 is 11.4 Å². The van der Waals surface area contributed by atoms with Crippen LogP contribution in [-0.2, 0) is 0 Å². The number of anilines is 2. The van der Waals surface area contributed by atoms with Crippen LogP contribution in [0, 0.1) is 23.1 Å². The molecule has 2 heterocycles. The number of hydrogen-bond donors (Lipinski definition) is 3. The van der Waals surface area contributed by atoms with Gasteiger partial charge in [-0.2, -0.15) is 5.26 Å². The minimum atomic E-state index is -0.586. The van der Waals surface area contributed by atoms with E-state index in [0.29, 0.717) is 11.5 Å². The molecule has 0 atom stereocenters. The van der Waals surface area contributed by atoms with Crippen molar-refractivity contribution in [3.05, 3.63) is 59.9 Å². The summed E-state index contributed by atoms with van der Waals surface area (Å²) in [7, 11) is 1.50. The monoisotopic (exact) mass is 518 g/mol. The van der Waals surface area contributed by atoms with Gasteiger partial charge in [-0.1, -0.05) is 25.3 Å². The van der Waals surface area contributed by atoms with E-state index in [1.165, 1.54) is 51.3 Å². The van der Waals surface area contributed by atoms with Gasteiger partial charge >= 0.3 is 0 Å². The molecule has 1 saturated carbocycles. The molecule has 4 N–H and O–H groups in total. The van der Waals surface area contributed by atoms with E-state index >= 15 is 0 Å². The Morgan fingerprint density at radius 1 is 1.05 bits per heavy atom. The lowest BCUT2D eigenvalue weighted by Crippen LogP contribution is -2.42. The van der Waals surface area contributed by atoms with Crippen LogP contribution in [0.1, 0.15) is 57.4 Å². The van der Waals surface area contributed by atoms with Crippen LogP contribution >= 0.6 is 0 Å². The number of rotatable bonds is 6. The van der Waals surface area contributed by atoms with Crippen LogP contribution in [0.4, 0.5) is 15.9 Å². The van der Waals surface area contributed by atoms with E-state index in [1.54, 1.807) is 6.07 Å². The third-order valence-corrected chi connectivity index (χ3v) is 7.69. The molecule has 0 spiro atoms. The summed E-state index contributed by atoms with van der Waals surface area (Å²) in [6, 6.07) is 16.8. The molecule has 1 saturated heterocycles. The molecule has 202 valence electrons. The van der Waals surface area contributed by atoms with Crippen LogP contribution in [0.15, 0.2) is 48.5 Å². The molecule has 2 fully saturated rings. The molecule has 8 heteroatoms. The maximum atomic E-state index is 14.5. The van der Waals surface area contributed by atoms with Crippen LogP contribution in [0.2, 0.25) is 0 Å². The summed E-state index contributed by atoms with van der Waals surface area (Å²) in [6.07, 6.45) is 7.89. The molecule has 7 nitrogen and oxygen atoms in total. The van der Waals surface area contributed by atoms with Crippen molar-refractivity contribution in [1.82, 2.24) is 9.78 Å². The highest BCUT2D eigenvalue weighted by molar-refractivity contribution is 5.67. The zero-order chi connectivity index (χ0) is 27.1. The second kappa shape index (κ2) is 12.4. The van der Waals surface area contributed by atoms with Crippen LogP contribution in [0.3, 0.4) is 0 Å². The highest BCUT2D eigenvalue weighted by Crippen LogP contribution is 2.31. The lowest BCUT2D eigenvalue weighted by atomic mass is 9.89. The van der Waals surface area contributed by atoms with E-state index in [4.69, 9.17) is 10.4 Å². The second-order valence-electron chi connectivity index (χ2n) is 10.5. The third-order valence-electron chi connectivity index (χ3n) is 7.69. The second-order valence-corrected chi connectivity index (χ2v) is 10.5. The van der Waals surface area contributed by atoms with Crippen molar-refractivity contribution < 1.29 is 9.50 Å². The number of piperidine rings is 1. The van der Waals surface area contributed by atoms with E-state index in [9.17, 15) is 9.50 Å². The van der Waals surface area contributed by atoms with Gasteiger partial charge in [0, 0.05) is 37.0 Å².